The van der Waals surface area contributed by atoms with E-state index < -0.39 is 11.9 Å². The molecule has 0 saturated carbocycles. The summed E-state index contributed by atoms with van der Waals surface area (Å²) in [4.78, 5) is 40.5. The summed E-state index contributed by atoms with van der Waals surface area (Å²) in [7, 11) is 0. The largest absolute Gasteiger partial charge is 0.295 e. The van der Waals surface area contributed by atoms with Crippen molar-refractivity contribution in [2.24, 2.45) is 0 Å². The average molecular weight is 301 g/mol. The monoisotopic (exact) mass is 301 g/mol. The second kappa shape index (κ2) is 6.09. The standard InChI is InChI=1S/C16H19N3O3/c1-5-9(3)14-11(6-2)16(22)19(10(4)17-14)12-7-8-13(20)18-15(12)21/h5-6,12H,1,7-8H2,2-4H3,(H,18,20,21)/b11-6+,14-9+. The maximum atomic E-state index is 12.8. The summed E-state index contributed by atoms with van der Waals surface area (Å²) < 4.78 is 1.37. The van der Waals surface area contributed by atoms with Gasteiger partial charge in [-0.05, 0) is 32.8 Å². The smallest absolute Gasteiger partial charge is 0.261 e. The van der Waals surface area contributed by atoms with Gasteiger partial charge in [-0.3, -0.25) is 24.3 Å². The van der Waals surface area contributed by atoms with Crippen LogP contribution >= 0.6 is 0 Å². The zero-order valence-corrected chi connectivity index (χ0v) is 13.0. The molecule has 1 aliphatic rings. The van der Waals surface area contributed by atoms with Gasteiger partial charge < -0.3 is 0 Å². The maximum absolute atomic E-state index is 12.8. The highest BCUT2D eigenvalue weighted by Gasteiger charge is 2.30. The number of amides is 2. The van der Waals surface area contributed by atoms with E-state index in [1.165, 1.54) is 4.57 Å². The molecule has 0 aliphatic carbocycles. The predicted octanol–water partition coefficient (Wildman–Crippen LogP) is -0.314. The zero-order valence-electron chi connectivity index (χ0n) is 13.0. The quantitative estimate of drug-likeness (QED) is 0.760. The molecular weight excluding hydrogens is 282 g/mol. The highest BCUT2D eigenvalue weighted by molar-refractivity contribution is 5.99. The van der Waals surface area contributed by atoms with Crippen molar-refractivity contribution < 1.29 is 9.59 Å². The topological polar surface area (TPSA) is 81.1 Å². The van der Waals surface area contributed by atoms with Crippen LogP contribution in [0, 0.1) is 6.92 Å². The van der Waals surface area contributed by atoms with Gasteiger partial charge in [0.05, 0.1) is 10.6 Å². The second-order valence-corrected chi connectivity index (χ2v) is 5.24. The molecule has 1 aromatic rings. The fourth-order valence-corrected chi connectivity index (χ4v) is 2.61. The molecule has 116 valence electrons. The Morgan fingerprint density at radius 3 is 2.64 bits per heavy atom. The molecule has 2 amide bonds. The molecule has 1 N–H and O–H groups in total. The summed E-state index contributed by atoms with van der Waals surface area (Å²) in [5.74, 6) is -0.321. The summed E-state index contributed by atoms with van der Waals surface area (Å²) in [6, 6.07) is -0.700. The highest BCUT2D eigenvalue weighted by Crippen LogP contribution is 2.16. The molecule has 1 aromatic heterocycles. The first-order chi connectivity index (χ1) is 10.4. The van der Waals surface area contributed by atoms with Crippen molar-refractivity contribution >= 4 is 23.5 Å². The van der Waals surface area contributed by atoms with Crippen LogP contribution in [0.5, 0.6) is 0 Å². The molecule has 2 rings (SSSR count). The molecule has 0 radical (unpaired) electrons. The SMILES string of the molecule is C=C/C(C)=c1/nc(C)n(C2CCC(=O)NC2=O)c(=O)/c1=C/C. The second-order valence-electron chi connectivity index (χ2n) is 5.24. The van der Waals surface area contributed by atoms with Gasteiger partial charge in [-0.2, -0.15) is 0 Å². The van der Waals surface area contributed by atoms with Crippen molar-refractivity contribution in [1.82, 2.24) is 14.9 Å². The van der Waals surface area contributed by atoms with E-state index in [-0.39, 0.29) is 17.9 Å². The summed E-state index contributed by atoms with van der Waals surface area (Å²) in [6.45, 7) is 8.97. The minimum absolute atomic E-state index is 0.215. The van der Waals surface area contributed by atoms with Crippen molar-refractivity contribution in [1.29, 1.82) is 0 Å². The minimum Gasteiger partial charge on any atom is -0.295 e. The van der Waals surface area contributed by atoms with E-state index >= 15 is 0 Å². The van der Waals surface area contributed by atoms with Crippen LogP contribution in [-0.2, 0) is 9.59 Å². The third kappa shape index (κ3) is 2.64. The minimum atomic E-state index is -0.700. The highest BCUT2D eigenvalue weighted by atomic mass is 16.2. The van der Waals surface area contributed by atoms with Gasteiger partial charge >= 0.3 is 0 Å². The number of hydrogen-bond acceptors (Lipinski definition) is 4. The lowest BCUT2D eigenvalue weighted by Gasteiger charge is -2.24. The van der Waals surface area contributed by atoms with Gasteiger partial charge in [0.1, 0.15) is 11.9 Å². The molecule has 1 fully saturated rings. The zero-order chi connectivity index (χ0) is 16.4. The van der Waals surface area contributed by atoms with Gasteiger partial charge in [0.2, 0.25) is 11.8 Å². The van der Waals surface area contributed by atoms with E-state index in [0.29, 0.717) is 22.8 Å². The Balaban J connectivity index is 2.76. The number of carbonyl (C=O) groups excluding carboxylic acids is 2. The van der Waals surface area contributed by atoms with Gasteiger partial charge in [-0.25, -0.2) is 4.98 Å². The number of allylic oxidation sites excluding steroid dienone is 1. The van der Waals surface area contributed by atoms with Crippen LogP contribution in [0.4, 0.5) is 0 Å². The van der Waals surface area contributed by atoms with Gasteiger partial charge in [-0.15, -0.1) is 0 Å². The molecule has 1 atom stereocenters. The Kier molecular flexibility index (Phi) is 4.40. The third-order valence-electron chi connectivity index (χ3n) is 3.82. The summed E-state index contributed by atoms with van der Waals surface area (Å²) in [5, 5.41) is 3.28. The molecular formula is C16H19N3O3. The molecule has 22 heavy (non-hydrogen) atoms. The van der Waals surface area contributed by atoms with Crippen LogP contribution in [0.15, 0.2) is 17.4 Å². The number of nitrogens with one attached hydrogen (secondary N) is 1. The Morgan fingerprint density at radius 1 is 1.41 bits per heavy atom. The van der Waals surface area contributed by atoms with Crippen LogP contribution in [-0.4, -0.2) is 21.4 Å². The molecule has 1 aliphatic heterocycles. The van der Waals surface area contributed by atoms with Crippen molar-refractivity contribution in [3.8, 4) is 0 Å². The van der Waals surface area contributed by atoms with E-state index in [2.05, 4.69) is 16.9 Å². The number of aromatic nitrogens is 2. The Bertz CT molecular complexity index is 833. The van der Waals surface area contributed by atoms with Crippen molar-refractivity contribution in [2.75, 3.05) is 0 Å². The number of carbonyl (C=O) groups is 2. The number of rotatable bonds is 2. The first kappa shape index (κ1) is 15.9. The molecule has 6 nitrogen and oxygen atoms in total. The van der Waals surface area contributed by atoms with Crippen molar-refractivity contribution in [2.45, 2.75) is 39.7 Å². The first-order valence-electron chi connectivity index (χ1n) is 7.13. The molecule has 0 aromatic carbocycles. The maximum Gasteiger partial charge on any atom is 0.261 e. The molecule has 2 heterocycles. The molecule has 0 bridgehead atoms. The van der Waals surface area contributed by atoms with Crippen molar-refractivity contribution in [3.05, 3.63) is 39.4 Å². The predicted molar refractivity (Wildman–Crippen MR) is 83.3 cm³/mol. The number of hydrogen-bond donors (Lipinski definition) is 1. The van der Waals surface area contributed by atoms with Gasteiger partial charge in [-0.1, -0.05) is 18.7 Å². The lowest BCUT2D eigenvalue weighted by Crippen LogP contribution is -2.53. The van der Waals surface area contributed by atoms with Crippen LogP contribution in [0.25, 0.3) is 11.6 Å². The van der Waals surface area contributed by atoms with E-state index in [1.54, 1.807) is 26.0 Å². The summed E-state index contributed by atoms with van der Waals surface area (Å²) in [6.07, 6.45) is 3.84. The Labute approximate surface area is 127 Å². The lowest BCUT2D eigenvalue weighted by molar-refractivity contribution is -0.135. The van der Waals surface area contributed by atoms with Gasteiger partial charge in [0.25, 0.3) is 5.56 Å². The van der Waals surface area contributed by atoms with E-state index in [0.717, 1.165) is 5.57 Å². The number of imide groups is 1. The van der Waals surface area contributed by atoms with E-state index in [4.69, 9.17) is 0 Å². The van der Waals surface area contributed by atoms with Crippen LogP contribution < -0.4 is 21.4 Å². The molecule has 6 heteroatoms. The molecule has 1 unspecified atom stereocenters. The van der Waals surface area contributed by atoms with Crippen LogP contribution in [0.3, 0.4) is 0 Å². The number of piperidine rings is 1. The normalized spacial score (nSPS) is 20.7. The fraction of sp³-hybridized carbons (Fsp3) is 0.375. The molecule has 1 saturated heterocycles. The Morgan fingerprint density at radius 2 is 2.09 bits per heavy atom. The van der Waals surface area contributed by atoms with E-state index in [9.17, 15) is 14.4 Å². The van der Waals surface area contributed by atoms with Crippen LogP contribution in [0.2, 0.25) is 0 Å². The summed E-state index contributed by atoms with van der Waals surface area (Å²) in [5.41, 5.74) is 0.518. The number of nitrogens with zero attached hydrogens (tertiary/aromatic N) is 2. The summed E-state index contributed by atoms with van der Waals surface area (Å²) >= 11 is 0. The number of aryl methyl sites for hydroxylation is 1. The average Bonchev–Trinajstić information content (AvgIpc) is 2.48. The first-order valence-corrected chi connectivity index (χ1v) is 7.13. The third-order valence-corrected chi connectivity index (χ3v) is 3.82. The lowest BCUT2D eigenvalue weighted by atomic mass is 10.1. The van der Waals surface area contributed by atoms with Gasteiger partial charge in [0.15, 0.2) is 0 Å². The van der Waals surface area contributed by atoms with Gasteiger partial charge in [0, 0.05) is 6.42 Å². The fourth-order valence-electron chi connectivity index (χ4n) is 2.61. The molecule has 0 spiro atoms. The van der Waals surface area contributed by atoms with E-state index in [1.807, 2.05) is 6.92 Å². The van der Waals surface area contributed by atoms with Crippen LogP contribution in [0.1, 0.15) is 38.6 Å². The van der Waals surface area contributed by atoms with Crippen molar-refractivity contribution in [3.63, 3.8) is 0 Å². The Hall–Kier alpha value is -2.50.